The lowest BCUT2D eigenvalue weighted by Gasteiger charge is -2.29. The highest BCUT2D eigenvalue weighted by Gasteiger charge is 2.22. The van der Waals surface area contributed by atoms with E-state index in [0.717, 1.165) is 6.54 Å². The lowest BCUT2D eigenvalue weighted by molar-refractivity contribution is -0.139. The third-order valence-corrected chi connectivity index (χ3v) is 4.88. The molecule has 1 fully saturated rings. The Balaban J connectivity index is 1.44. The van der Waals surface area contributed by atoms with Crippen LogP contribution in [0.1, 0.15) is 42.7 Å². The summed E-state index contributed by atoms with van der Waals surface area (Å²) < 4.78 is 5.19. The maximum atomic E-state index is 10.5. The molecule has 0 aliphatic heterocycles. The molecule has 2 N–H and O–H groups in total. The van der Waals surface area contributed by atoms with E-state index in [0.29, 0.717) is 17.7 Å². The second-order valence-corrected chi connectivity index (χ2v) is 6.67. The van der Waals surface area contributed by atoms with Crippen LogP contribution in [0.2, 0.25) is 0 Å². The van der Waals surface area contributed by atoms with E-state index in [-0.39, 0.29) is 6.61 Å². The highest BCUT2D eigenvalue weighted by atomic mass is 16.5. The first-order chi connectivity index (χ1) is 12.2. The molecule has 132 valence electrons. The molecule has 0 bridgehead atoms. The van der Waals surface area contributed by atoms with Crippen molar-refractivity contribution >= 4 is 5.97 Å². The van der Waals surface area contributed by atoms with Crippen LogP contribution in [0.5, 0.6) is 5.75 Å². The molecule has 0 unspecified atom stereocenters. The van der Waals surface area contributed by atoms with E-state index < -0.39 is 5.97 Å². The average molecular weight is 339 g/mol. The molecular formula is C21H25NO3. The largest absolute Gasteiger partial charge is 0.482 e. The number of nitrogens with one attached hydrogen (secondary N) is 1. The van der Waals surface area contributed by atoms with Crippen LogP contribution in [0.15, 0.2) is 54.6 Å². The van der Waals surface area contributed by atoms with Crippen LogP contribution in [-0.4, -0.2) is 23.7 Å². The summed E-state index contributed by atoms with van der Waals surface area (Å²) in [5, 5.41) is 12.3. The topological polar surface area (TPSA) is 58.6 Å². The first-order valence-electron chi connectivity index (χ1n) is 8.92. The first-order valence-corrected chi connectivity index (χ1v) is 8.92. The predicted molar refractivity (Wildman–Crippen MR) is 97.9 cm³/mol. The van der Waals surface area contributed by atoms with Gasteiger partial charge in [-0.3, -0.25) is 0 Å². The molecule has 1 saturated carbocycles. The molecule has 0 heterocycles. The third-order valence-electron chi connectivity index (χ3n) is 4.88. The van der Waals surface area contributed by atoms with Gasteiger partial charge in [0, 0.05) is 12.6 Å². The normalized spacial score (nSPS) is 20.2. The van der Waals surface area contributed by atoms with Gasteiger partial charge in [0.05, 0.1) is 0 Å². The Bertz CT molecular complexity index is 661. The summed E-state index contributed by atoms with van der Waals surface area (Å²) in [6.45, 7) is 0.642. The van der Waals surface area contributed by atoms with Crippen LogP contribution < -0.4 is 10.1 Å². The highest BCUT2D eigenvalue weighted by Crippen LogP contribution is 2.33. The molecule has 0 atom stereocenters. The van der Waals surface area contributed by atoms with Crippen LogP contribution >= 0.6 is 0 Å². The molecule has 3 rings (SSSR count). The van der Waals surface area contributed by atoms with E-state index in [1.165, 1.54) is 36.8 Å². The fourth-order valence-corrected chi connectivity index (χ4v) is 3.47. The van der Waals surface area contributed by atoms with E-state index >= 15 is 0 Å². The van der Waals surface area contributed by atoms with Crippen LogP contribution in [0.25, 0.3) is 0 Å². The Morgan fingerprint density at radius 3 is 2.32 bits per heavy atom. The fourth-order valence-electron chi connectivity index (χ4n) is 3.47. The van der Waals surface area contributed by atoms with Gasteiger partial charge in [-0.05, 0) is 54.9 Å². The van der Waals surface area contributed by atoms with Gasteiger partial charge in [0.1, 0.15) is 5.75 Å². The standard InChI is InChI=1S/C21H25NO3/c23-21(24)15-25-20-12-8-18(9-13-20)17-6-10-19(11-7-17)22-14-16-4-2-1-3-5-16/h1-5,8-9,12-13,17,19,22H,6-7,10-11,14-15H2,(H,23,24)/t17-,19-. The van der Waals surface area contributed by atoms with Gasteiger partial charge in [-0.2, -0.15) is 0 Å². The van der Waals surface area contributed by atoms with Crippen LogP contribution in [0.4, 0.5) is 0 Å². The zero-order valence-corrected chi connectivity index (χ0v) is 14.4. The maximum absolute atomic E-state index is 10.5. The minimum Gasteiger partial charge on any atom is -0.482 e. The van der Waals surface area contributed by atoms with Gasteiger partial charge in [0.2, 0.25) is 0 Å². The quantitative estimate of drug-likeness (QED) is 0.801. The lowest BCUT2D eigenvalue weighted by Crippen LogP contribution is -2.32. The molecule has 25 heavy (non-hydrogen) atoms. The number of carbonyl (C=O) groups is 1. The van der Waals surface area contributed by atoms with Gasteiger partial charge in [-0.15, -0.1) is 0 Å². The van der Waals surface area contributed by atoms with Gasteiger partial charge in [0.15, 0.2) is 6.61 Å². The number of aliphatic carboxylic acids is 1. The monoisotopic (exact) mass is 339 g/mol. The van der Waals surface area contributed by atoms with Crippen molar-refractivity contribution in [3.05, 3.63) is 65.7 Å². The van der Waals surface area contributed by atoms with Crippen molar-refractivity contribution < 1.29 is 14.6 Å². The van der Waals surface area contributed by atoms with Gasteiger partial charge in [-0.1, -0.05) is 42.5 Å². The summed E-state index contributed by atoms with van der Waals surface area (Å²) in [6, 6.07) is 19.0. The number of rotatable bonds is 7. The zero-order chi connectivity index (χ0) is 17.5. The molecule has 4 heteroatoms. The van der Waals surface area contributed by atoms with Gasteiger partial charge >= 0.3 is 5.97 Å². The smallest absolute Gasteiger partial charge is 0.341 e. The van der Waals surface area contributed by atoms with Gasteiger partial charge in [-0.25, -0.2) is 4.79 Å². The van der Waals surface area contributed by atoms with Crippen molar-refractivity contribution in [3.8, 4) is 5.75 Å². The van der Waals surface area contributed by atoms with Gasteiger partial charge < -0.3 is 15.2 Å². The Labute approximate surface area is 148 Å². The van der Waals surface area contributed by atoms with Crippen molar-refractivity contribution in [3.63, 3.8) is 0 Å². The van der Waals surface area contributed by atoms with Crippen molar-refractivity contribution in [2.24, 2.45) is 0 Å². The molecular weight excluding hydrogens is 314 g/mol. The Kier molecular flexibility index (Phi) is 6.07. The average Bonchev–Trinajstić information content (AvgIpc) is 2.66. The summed E-state index contributed by atoms with van der Waals surface area (Å²) in [7, 11) is 0. The number of benzene rings is 2. The molecule has 0 aromatic heterocycles. The Hall–Kier alpha value is -2.33. The highest BCUT2D eigenvalue weighted by molar-refractivity contribution is 5.68. The molecule has 0 radical (unpaired) electrons. The van der Waals surface area contributed by atoms with Gasteiger partial charge in [0.25, 0.3) is 0 Å². The molecule has 0 saturated heterocycles. The number of ether oxygens (including phenoxy) is 1. The van der Waals surface area contributed by atoms with Crippen molar-refractivity contribution in [1.82, 2.24) is 5.32 Å². The van der Waals surface area contributed by atoms with Crippen molar-refractivity contribution in [2.75, 3.05) is 6.61 Å². The number of hydrogen-bond acceptors (Lipinski definition) is 3. The first kappa shape index (κ1) is 17.5. The molecule has 2 aromatic rings. The summed E-state index contributed by atoms with van der Waals surface area (Å²) >= 11 is 0. The summed E-state index contributed by atoms with van der Waals surface area (Å²) in [4.78, 5) is 10.5. The molecule has 4 nitrogen and oxygen atoms in total. The third kappa shape index (κ3) is 5.33. The second kappa shape index (κ2) is 8.67. The number of carboxylic acid groups (broad SMARTS) is 1. The molecule has 0 amide bonds. The van der Waals surface area contributed by atoms with Crippen LogP contribution in [0.3, 0.4) is 0 Å². The number of hydrogen-bond donors (Lipinski definition) is 2. The summed E-state index contributed by atoms with van der Waals surface area (Å²) in [5.41, 5.74) is 2.66. The van der Waals surface area contributed by atoms with E-state index in [2.05, 4.69) is 41.7 Å². The molecule has 0 spiro atoms. The molecule has 2 aromatic carbocycles. The minimum atomic E-state index is -0.953. The van der Waals surface area contributed by atoms with E-state index in [9.17, 15) is 4.79 Å². The van der Waals surface area contributed by atoms with E-state index in [1.54, 1.807) is 0 Å². The maximum Gasteiger partial charge on any atom is 0.341 e. The number of carboxylic acids is 1. The minimum absolute atomic E-state index is 0.294. The second-order valence-electron chi connectivity index (χ2n) is 6.67. The summed E-state index contributed by atoms with van der Waals surface area (Å²) in [5.74, 6) is 0.248. The van der Waals surface area contributed by atoms with E-state index in [1.807, 2.05) is 18.2 Å². The van der Waals surface area contributed by atoms with E-state index in [4.69, 9.17) is 9.84 Å². The fraction of sp³-hybridized carbons (Fsp3) is 0.381. The van der Waals surface area contributed by atoms with Crippen molar-refractivity contribution in [2.45, 2.75) is 44.2 Å². The van der Waals surface area contributed by atoms with Crippen LogP contribution in [-0.2, 0) is 11.3 Å². The zero-order valence-electron chi connectivity index (χ0n) is 14.4. The van der Waals surface area contributed by atoms with Crippen molar-refractivity contribution in [1.29, 1.82) is 0 Å². The Morgan fingerprint density at radius 1 is 1.00 bits per heavy atom. The molecule has 1 aliphatic rings. The predicted octanol–water partition coefficient (Wildman–Crippen LogP) is 3.97. The van der Waals surface area contributed by atoms with Crippen LogP contribution in [0, 0.1) is 0 Å². The summed E-state index contributed by atoms with van der Waals surface area (Å²) in [6.07, 6.45) is 4.74. The Morgan fingerprint density at radius 2 is 1.68 bits per heavy atom. The lowest BCUT2D eigenvalue weighted by atomic mass is 9.81. The SMILES string of the molecule is O=C(O)COc1ccc([C@H]2CC[C@H](NCc3ccccc3)CC2)cc1. The molecule has 1 aliphatic carbocycles.